The Morgan fingerprint density at radius 1 is 1.47 bits per heavy atom. The molecule has 4 nitrogen and oxygen atoms in total. The van der Waals surface area contributed by atoms with Crippen LogP contribution in [0.4, 0.5) is 0 Å². The summed E-state index contributed by atoms with van der Waals surface area (Å²) in [5.74, 6) is 1.09. The number of hydrogen-bond donors (Lipinski definition) is 1. The average Bonchev–Trinajstić information content (AvgIpc) is 3.10. The van der Waals surface area contributed by atoms with Crippen molar-refractivity contribution in [1.29, 1.82) is 0 Å². The molecule has 1 aliphatic rings. The maximum absolute atomic E-state index is 11.3. The Balaban J connectivity index is 2.25. The van der Waals surface area contributed by atoms with Crippen molar-refractivity contribution in [3.05, 3.63) is 29.2 Å². The third-order valence-electron chi connectivity index (χ3n) is 3.00. The summed E-state index contributed by atoms with van der Waals surface area (Å²) in [6.45, 7) is 7.58. The number of rotatable bonds is 6. The van der Waals surface area contributed by atoms with Crippen molar-refractivity contribution in [2.24, 2.45) is 0 Å². The van der Waals surface area contributed by atoms with Crippen molar-refractivity contribution < 1.29 is 9.90 Å². The number of aryl methyl sites for hydroxylation is 1. The summed E-state index contributed by atoms with van der Waals surface area (Å²) in [5.41, 5.74) is 1.91. The summed E-state index contributed by atoms with van der Waals surface area (Å²) >= 11 is 1.48. The lowest BCUT2D eigenvalue weighted by Gasteiger charge is -2.09. The van der Waals surface area contributed by atoms with Crippen LogP contribution in [0.2, 0.25) is 0 Å². The molecule has 0 aliphatic heterocycles. The van der Waals surface area contributed by atoms with Gasteiger partial charge in [-0.2, -0.15) is 0 Å². The van der Waals surface area contributed by atoms with E-state index < -0.39 is 5.97 Å². The van der Waals surface area contributed by atoms with Gasteiger partial charge in [0.2, 0.25) is 0 Å². The number of carbonyl (C=O) groups is 1. The monoisotopic (exact) mass is 278 g/mol. The zero-order valence-corrected chi connectivity index (χ0v) is 12.1. The average molecular weight is 278 g/mol. The van der Waals surface area contributed by atoms with E-state index in [-0.39, 0.29) is 5.56 Å². The van der Waals surface area contributed by atoms with Crippen molar-refractivity contribution in [2.45, 2.75) is 44.1 Å². The highest BCUT2D eigenvalue weighted by atomic mass is 32.2. The molecule has 1 saturated carbocycles. The lowest BCUT2D eigenvalue weighted by Crippen LogP contribution is -2.09. The first-order valence-electron chi connectivity index (χ1n) is 6.38. The Kier molecular flexibility index (Phi) is 4.24. The van der Waals surface area contributed by atoms with Crippen LogP contribution in [0.25, 0.3) is 0 Å². The minimum Gasteiger partial charge on any atom is -0.478 e. The van der Waals surface area contributed by atoms with Crippen molar-refractivity contribution >= 4 is 17.7 Å². The predicted octanol–water partition coefficient (Wildman–Crippen LogP) is 3.42. The fraction of sp³-hybridized carbons (Fsp3) is 0.500. The van der Waals surface area contributed by atoms with Gasteiger partial charge in [0.05, 0.1) is 5.69 Å². The number of aromatic carboxylic acids is 1. The van der Waals surface area contributed by atoms with Crippen LogP contribution < -0.4 is 0 Å². The van der Waals surface area contributed by atoms with Gasteiger partial charge in [0.1, 0.15) is 16.4 Å². The second-order valence-corrected chi connectivity index (χ2v) is 6.07. The van der Waals surface area contributed by atoms with Gasteiger partial charge in [0, 0.05) is 11.7 Å². The van der Waals surface area contributed by atoms with Crippen LogP contribution in [0.5, 0.6) is 0 Å². The molecule has 1 heterocycles. The first-order chi connectivity index (χ1) is 8.99. The van der Waals surface area contributed by atoms with Gasteiger partial charge in [-0.3, -0.25) is 0 Å². The van der Waals surface area contributed by atoms with E-state index in [9.17, 15) is 9.90 Å². The molecule has 2 rings (SSSR count). The summed E-state index contributed by atoms with van der Waals surface area (Å²) in [6.07, 6.45) is 3.09. The number of nitrogens with zero attached hydrogens (tertiary/aromatic N) is 2. The summed E-state index contributed by atoms with van der Waals surface area (Å²) in [6, 6.07) is 0. The van der Waals surface area contributed by atoms with E-state index in [1.54, 1.807) is 6.92 Å². The maximum atomic E-state index is 11.3. The standard InChI is InChI=1S/C14H18N2O2S/c1-8(2)6-7-19-13-11(14(17)18)9(3)15-12(16-13)10-4-5-10/h10H,1,4-7H2,2-3H3,(H,17,18). The van der Waals surface area contributed by atoms with Crippen LogP contribution in [0.15, 0.2) is 17.2 Å². The lowest BCUT2D eigenvalue weighted by molar-refractivity contribution is 0.0690. The van der Waals surface area contributed by atoms with Gasteiger partial charge in [-0.05, 0) is 33.1 Å². The van der Waals surface area contributed by atoms with Crippen LogP contribution in [0, 0.1) is 6.92 Å². The quantitative estimate of drug-likeness (QED) is 0.491. The maximum Gasteiger partial charge on any atom is 0.340 e. The number of aromatic nitrogens is 2. The van der Waals surface area contributed by atoms with Gasteiger partial charge in [0.15, 0.2) is 0 Å². The lowest BCUT2D eigenvalue weighted by atomic mass is 10.2. The molecular weight excluding hydrogens is 260 g/mol. The Morgan fingerprint density at radius 3 is 2.68 bits per heavy atom. The molecule has 5 heteroatoms. The van der Waals surface area contributed by atoms with E-state index in [2.05, 4.69) is 16.5 Å². The first-order valence-corrected chi connectivity index (χ1v) is 7.36. The molecule has 1 aliphatic carbocycles. The van der Waals surface area contributed by atoms with Gasteiger partial charge in [-0.25, -0.2) is 14.8 Å². The molecular formula is C14H18N2O2S. The normalized spacial score (nSPS) is 14.4. The summed E-state index contributed by atoms with van der Waals surface area (Å²) in [7, 11) is 0. The fourth-order valence-electron chi connectivity index (χ4n) is 1.76. The summed E-state index contributed by atoms with van der Waals surface area (Å²) in [5, 5.41) is 9.89. The van der Waals surface area contributed by atoms with E-state index >= 15 is 0 Å². The molecule has 1 aromatic rings. The zero-order chi connectivity index (χ0) is 14.0. The van der Waals surface area contributed by atoms with Gasteiger partial charge in [0.25, 0.3) is 0 Å². The van der Waals surface area contributed by atoms with Crippen molar-refractivity contribution in [2.75, 3.05) is 5.75 Å². The van der Waals surface area contributed by atoms with Crippen LogP contribution in [0.1, 0.15) is 54.0 Å². The third kappa shape index (κ3) is 3.56. The van der Waals surface area contributed by atoms with E-state index in [1.807, 2.05) is 6.92 Å². The second-order valence-electron chi connectivity index (χ2n) is 4.98. The third-order valence-corrected chi connectivity index (χ3v) is 3.98. The van der Waals surface area contributed by atoms with Crippen molar-refractivity contribution in [3.8, 4) is 0 Å². The molecule has 0 atom stereocenters. The molecule has 0 radical (unpaired) electrons. The van der Waals surface area contributed by atoms with E-state index in [0.29, 0.717) is 16.6 Å². The highest BCUT2D eigenvalue weighted by Gasteiger charge is 2.29. The van der Waals surface area contributed by atoms with E-state index in [4.69, 9.17) is 0 Å². The summed E-state index contributed by atoms with van der Waals surface area (Å²) < 4.78 is 0. The minimum atomic E-state index is -0.947. The Morgan fingerprint density at radius 2 is 2.16 bits per heavy atom. The number of carboxylic acid groups (broad SMARTS) is 1. The molecule has 19 heavy (non-hydrogen) atoms. The molecule has 0 aromatic carbocycles. The molecule has 0 unspecified atom stereocenters. The van der Waals surface area contributed by atoms with Crippen molar-refractivity contribution in [1.82, 2.24) is 9.97 Å². The highest BCUT2D eigenvalue weighted by molar-refractivity contribution is 7.99. The Labute approximate surface area is 117 Å². The van der Waals surface area contributed by atoms with Gasteiger partial charge >= 0.3 is 5.97 Å². The van der Waals surface area contributed by atoms with Crippen LogP contribution in [-0.2, 0) is 0 Å². The molecule has 0 amide bonds. The van der Waals surface area contributed by atoms with Crippen LogP contribution in [-0.4, -0.2) is 26.8 Å². The van der Waals surface area contributed by atoms with E-state index in [0.717, 1.165) is 36.4 Å². The Bertz CT molecular complexity index is 524. The second kappa shape index (κ2) is 5.74. The number of thioether (sulfide) groups is 1. The predicted molar refractivity (Wildman–Crippen MR) is 75.9 cm³/mol. The van der Waals surface area contributed by atoms with Crippen LogP contribution >= 0.6 is 11.8 Å². The Hall–Kier alpha value is -1.36. The van der Waals surface area contributed by atoms with Gasteiger partial charge in [-0.15, -0.1) is 18.3 Å². The molecule has 0 bridgehead atoms. The SMILES string of the molecule is C=C(C)CCSc1nc(C2CC2)nc(C)c1C(=O)O. The number of carboxylic acids is 1. The molecule has 0 spiro atoms. The van der Waals surface area contributed by atoms with Gasteiger partial charge < -0.3 is 5.11 Å². The fourth-order valence-corrected chi connectivity index (χ4v) is 2.95. The molecule has 1 aromatic heterocycles. The first kappa shape index (κ1) is 14.1. The van der Waals surface area contributed by atoms with Crippen LogP contribution in [0.3, 0.4) is 0 Å². The molecule has 102 valence electrons. The highest BCUT2D eigenvalue weighted by Crippen LogP contribution is 2.39. The molecule has 1 fully saturated rings. The summed E-state index contributed by atoms with van der Waals surface area (Å²) in [4.78, 5) is 20.1. The smallest absolute Gasteiger partial charge is 0.340 e. The van der Waals surface area contributed by atoms with Gasteiger partial charge in [-0.1, -0.05) is 5.57 Å². The zero-order valence-electron chi connectivity index (χ0n) is 11.3. The topological polar surface area (TPSA) is 63.1 Å². The van der Waals surface area contributed by atoms with E-state index in [1.165, 1.54) is 11.8 Å². The number of hydrogen-bond acceptors (Lipinski definition) is 4. The minimum absolute atomic E-state index is 0.246. The molecule has 0 saturated heterocycles. The molecule has 1 N–H and O–H groups in total. The largest absolute Gasteiger partial charge is 0.478 e. The van der Waals surface area contributed by atoms with Crippen molar-refractivity contribution in [3.63, 3.8) is 0 Å². The number of allylic oxidation sites excluding steroid dienone is 1.